The van der Waals surface area contributed by atoms with Crippen molar-refractivity contribution in [2.24, 2.45) is 0 Å². The van der Waals surface area contributed by atoms with Crippen molar-refractivity contribution < 1.29 is 4.74 Å². The molecule has 0 aliphatic carbocycles. The molecule has 1 saturated heterocycles. The summed E-state index contributed by atoms with van der Waals surface area (Å²) in [6.07, 6.45) is 1.91. The Morgan fingerprint density at radius 1 is 1.54 bits per heavy atom. The summed E-state index contributed by atoms with van der Waals surface area (Å²) >= 11 is 3.35. The van der Waals surface area contributed by atoms with E-state index in [1.165, 1.54) is 0 Å². The van der Waals surface area contributed by atoms with E-state index in [2.05, 4.69) is 26.2 Å². The normalized spacial score (nSPS) is 23.0. The number of morpholine rings is 1. The summed E-state index contributed by atoms with van der Waals surface area (Å²) in [4.78, 5) is 4.29. The van der Waals surface area contributed by atoms with Crippen LogP contribution >= 0.6 is 15.9 Å². The average molecular weight is 243 g/mol. The number of ether oxygens (including phenoxy) is 1. The fourth-order valence-electron chi connectivity index (χ4n) is 1.33. The lowest BCUT2D eigenvalue weighted by molar-refractivity contribution is 0.0250. The maximum Gasteiger partial charge on any atom is 0.112 e. The van der Waals surface area contributed by atoms with E-state index in [1.807, 2.05) is 12.1 Å². The smallest absolute Gasteiger partial charge is 0.112 e. The Hall–Kier alpha value is -0.450. The van der Waals surface area contributed by atoms with Crippen LogP contribution in [0.15, 0.2) is 22.8 Å². The first kappa shape index (κ1) is 9.12. The highest BCUT2D eigenvalue weighted by Gasteiger charge is 2.16. The molecule has 70 valence electrons. The third-order valence-corrected chi connectivity index (χ3v) is 2.48. The van der Waals surface area contributed by atoms with E-state index in [1.54, 1.807) is 6.20 Å². The second kappa shape index (κ2) is 4.17. The summed E-state index contributed by atoms with van der Waals surface area (Å²) in [5.41, 5.74) is 0.996. The van der Waals surface area contributed by atoms with Crippen LogP contribution in [0.3, 0.4) is 0 Å². The molecule has 3 nitrogen and oxygen atoms in total. The van der Waals surface area contributed by atoms with Gasteiger partial charge in [-0.3, -0.25) is 4.98 Å². The summed E-state index contributed by atoms with van der Waals surface area (Å²) < 4.78 is 6.56. The molecule has 0 bridgehead atoms. The van der Waals surface area contributed by atoms with Crippen LogP contribution in [0.2, 0.25) is 0 Å². The molecule has 1 aliphatic rings. The van der Waals surface area contributed by atoms with Gasteiger partial charge in [-0.15, -0.1) is 0 Å². The van der Waals surface area contributed by atoms with Crippen molar-refractivity contribution in [1.29, 1.82) is 0 Å². The highest BCUT2D eigenvalue weighted by atomic mass is 79.9. The molecule has 0 saturated carbocycles. The molecule has 4 heteroatoms. The van der Waals surface area contributed by atoms with Gasteiger partial charge in [0.25, 0.3) is 0 Å². The summed E-state index contributed by atoms with van der Waals surface area (Å²) in [6.45, 7) is 2.56. The molecule has 1 aromatic rings. The van der Waals surface area contributed by atoms with Gasteiger partial charge in [-0.1, -0.05) is 0 Å². The fraction of sp³-hybridized carbons (Fsp3) is 0.444. The Labute approximate surface area is 85.6 Å². The predicted octanol–water partition coefficient (Wildman–Crippen LogP) is 1.50. The number of hydrogen-bond donors (Lipinski definition) is 1. The van der Waals surface area contributed by atoms with Crippen LogP contribution in [0.4, 0.5) is 0 Å². The van der Waals surface area contributed by atoms with Crippen molar-refractivity contribution in [3.63, 3.8) is 0 Å². The minimum atomic E-state index is 0.113. The Bertz CT molecular complexity index is 269. The number of pyridine rings is 1. The minimum absolute atomic E-state index is 0.113. The molecule has 1 aliphatic heterocycles. The Balaban J connectivity index is 2.10. The van der Waals surface area contributed by atoms with Crippen molar-refractivity contribution in [1.82, 2.24) is 10.3 Å². The van der Waals surface area contributed by atoms with Crippen LogP contribution in [0.5, 0.6) is 0 Å². The van der Waals surface area contributed by atoms with E-state index < -0.39 is 0 Å². The van der Waals surface area contributed by atoms with Gasteiger partial charge in [-0.2, -0.15) is 0 Å². The average Bonchev–Trinajstić information content (AvgIpc) is 2.20. The van der Waals surface area contributed by atoms with Gasteiger partial charge >= 0.3 is 0 Å². The first-order valence-electron chi connectivity index (χ1n) is 4.30. The Morgan fingerprint density at radius 2 is 2.46 bits per heavy atom. The third-order valence-electron chi connectivity index (χ3n) is 2.01. The molecule has 2 rings (SSSR count). The number of nitrogens with zero attached hydrogens (tertiary/aromatic N) is 1. The van der Waals surface area contributed by atoms with Gasteiger partial charge in [0.15, 0.2) is 0 Å². The van der Waals surface area contributed by atoms with Gasteiger partial charge in [0.2, 0.25) is 0 Å². The maximum atomic E-state index is 5.56. The first-order valence-corrected chi connectivity index (χ1v) is 5.09. The summed E-state index contributed by atoms with van der Waals surface area (Å²) in [6, 6.07) is 3.97. The standard InChI is InChI=1S/C9H11BrN2O/c10-7-1-2-8(12-5-7)9-6-11-3-4-13-9/h1-2,5,9,11H,3-4,6H2. The van der Waals surface area contributed by atoms with E-state index in [-0.39, 0.29) is 6.10 Å². The number of rotatable bonds is 1. The molecule has 0 radical (unpaired) electrons. The number of aromatic nitrogens is 1. The lowest BCUT2D eigenvalue weighted by atomic mass is 10.2. The number of nitrogens with one attached hydrogen (secondary N) is 1. The van der Waals surface area contributed by atoms with Crippen molar-refractivity contribution in [2.45, 2.75) is 6.10 Å². The molecule has 13 heavy (non-hydrogen) atoms. The molecule has 1 unspecified atom stereocenters. The third kappa shape index (κ3) is 2.27. The van der Waals surface area contributed by atoms with E-state index in [0.29, 0.717) is 0 Å². The lowest BCUT2D eigenvalue weighted by Gasteiger charge is -2.22. The SMILES string of the molecule is Brc1ccc(C2CNCCO2)nc1. The molecule has 0 aromatic carbocycles. The van der Waals surface area contributed by atoms with Gasteiger partial charge in [0.1, 0.15) is 6.10 Å². The molecule has 2 heterocycles. The largest absolute Gasteiger partial charge is 0.369 e. The van der Waals surface area contributed by atoms with E-state index in [9.17, 15) is 0 Å². The van der Waals surface area contributed by atoms with Gasteiger partial charge in [-0.05, 0) is 28.1 Å². The highest BCUT2D eigenvalue weighted by molar-refractivity contribution is 9.10. The van der Waals surface area contributed by atoms with Crippen LogP contribution in [0.25, 0.3) is 0 Å². The minimum Gasteiger partial charge on any atom is -0.369 e. The van der Waals surface area contributed by atoms with Gasteiger partial charge in [0.05, 0.1) is 12.3 Å². The zero-order valence-corrected chi connectivity index (χ0v) is 8.75. The predicted molar refractivity (Wildman–Crippen MR) is 53.5 cm³/mol. The molecule has 1 fully saturated rings. The number of hydrogen-bond acceptors (Lipinski definition) is 3. The maximum absolute atomic E-state index is 5.56. The van der Waals surface area contributed by atoms with Crippen molar-refractivity contribution in [2.75, 3.05) is 19.7 Å². The zero-order chi connectivity index (χ0) is 9.10. The quantitative estimate of drug-likeness (QED) is 0.811. The van der Waals surface area contributed by atoms with Crippen molar-refractivity contribution in [3.05, 3.63) is 28.5 Å². The van der Waals surface area contributed by atoms with E-state index in [4.69, 9.17) is 4.74 Å². The van der Waals surface area contributed by atoms with Crippen LogP contribution in [-0.2, 0) is 4.74 Å². The second-order valence-electron chi connectivity index (χ2n) is 2.96. The van der Waals surface area contributed by atoms with E-state index >= 15 is 0 Å². The van der Waals surface area contributed by atoms with Crippen LogP contribution < -0.4 is 5.32 Å². The van der Waals surface area contributed by atoms with E-state index in [0.717, 1.165) is 29.9 Å². The topological polar surface area (TPSA) is 34.1 Å². The summed E-state index contributed by atoms with van der Waals surface area (Å²) in [7, 11) is 0. The molecule has 0 amide bonds. The zero-order valence-electron chi connectivity index (χ0n) is 7.16. The fourth-order valence-corrected chi connectivity index (χ4v) is 1.57. The monoisotopic (exact) mass is 242 g/mol. The Morgan fingerprint density at radius 3 is 3.08 bits per heavy atom. The Kier molecular flexibility index (Phi) is 2.93. The van der Waals surface area contributed by atoms with Crippen LogP contribution in [0.1, 0.15) is 11.8 Å². The van der Waals surface area contributed by atoms with Gasteiger partial charge < -0.3 is 10.1 Å². The second-order valence-corrected chi connectivity index (χ2v) is 3.88. The molecular formula is C9H11BrN2O. The molecule has 0 spiro atoms. The van der Waals surface area contributed by atoms with Crippen molar-refractivity contribution in [3.8, 4) is 0 Å². The van der Waals surface area contributed by atoms with Crippen molar-refractivity contribution >= 4 is 15.9 Å². The van der Waals surface area contributed by atoms with Gasteiger partial charge in [0, 0.05) is 23.8 Å². The van der Waals surface area contributed by atoms with Crippen LogP contribution in [-0.4, -0.2) is 24.7 Å². The summed E-state index contributed by atoms with van der Waals surface area (Å²) in [5.74, 6) is 0. The number of halogens is 1. The molecule has 1 aromatic heterocycles. The van der Waals surface area contributed by atoms with Crippen LogP contribution in [0, 0.1) is 0 Å². The lowest BCUT2D eigenvalue weighted by Crippen LogP contribution is -2.33. The molecular weight excluding hydrogens is 232 g/mol. The molecule has 1 N–H and O–H groups in total. The van der Waals surface area contributed by atoms with Gasteiger partial charge in [-0.25, -0.2) is 0 Å². The summed E-state index contributed by atoms with van der Waals surface area (Å²) in [5, 5.41) is 3.27. The highest BCUT2D eigenvalue weighted by Crippen LogP contribution is 2.17. The molecule has 1 atom stereocenters. The first-order chi connectivity index (χ1) is 6.36.